The fraction of sp³-hybridized carbons (Fsp3) is 0.300. The number of fused-ring (bicyclic) bond motifs is 1. The largest absolute Gasteiger partial charge is 0.383 e. The highest BCUT2D eigenvalue weighted by atomic mass is 32.2. The standard InChI is InChI=1S/C20H23N3O4S2/c1-13-4-5-14(2)15(10-13)11-19(24)22-20-23(8-9-27-3)17-7-6-16(29(21,25)26)12-18(17)28-20/h4-7,10,12H,8-9,11H2,1-3H3,(H2,21,25,26). The van der Waals surface area contributed by atoms with E-state index in [9.17, 15) is 13.2 Å². The van der Waals surface area contributed by atoms with Crippen molar-refractivity contribution in [3.63, 3.8) is 0 Å². The fourth-order valence-electron chi connectivity index (χ4n) is 3.01. The Balaban J connectivity index is 2.05. The summed E-state index contributed by atoms with van der Waals surface area (Å²) in [6.45, 7) is 4.87. The van der Waals surface area contributed by atoms with Crippen LogP contribution in [-0.2, 0) is 32.5 Å². The van der Waals surface area contributed by atoms with Crippen molar-refractivity contribution in [2.75, 3.05) is 13.7 Å². The summed E-state index contributed by atoms with van der Waals surface area (Å²) in [5.41, 5.74) is 3.85. The topological polar surface area (TPSA) is 104 Å². The highest BCUT2D eigenvalue weighted by Gasteiger charge is 2.13. The van der Waals surface area contributed by atoms with Crippen LogP contribution in [0.1, 0.15) is 16.7 Å². The molecule has 3 aromatic rings. The van der Waals surface area contributed by atoms with Gasteiger partial charge in [0.2, 0.25) is 10.0 Å². The monoisotopic (exact) mass is 433 g/mol. The molecule has 1 heterocycles. The van der Waals surface area contributed by atoms with E-state index < -0.39 is 10.0 Å². The van der Waals surface area contributed by atoms with E-state index in [0.29, 0.717) is 22.7 Å². The normalized spacial score (nSPS) is 12.6. The van der Waals surface area contributed by atoms with E-state index >= 15 is 0 Å². The van der Waals surface area contributed by atoms with Crippen molar-refractivity contribution >= 4 is 37.5 Å². The Morgan fingerprint density at radius 3 is 2.66 bits per heavy atom. The number of rotatable bonds is 6. The van der Waals surface area contributed by atoms with Gasteiger partial charge in [-0.2, -0.15) is 4.99 Å². The first-order valence-electron chi connectivity index (χ1n) is 8.98. The maximum absolute atomic E-state index is 12.7. The summed E-state index contributed by atoms with van der Waals surface area (Å²) in [5, 5.41) is 5.24. The SMILES string of the molecule is COCCn1c(=NC(=O)Cc2cc(C)ccc2C)sc2cc(S(N)(=O)=O)ccc21. The second-order valence-corrected chi connectivity index (χ2v) is 9.39. The van der Waals surface area contributed by atoms with E-state index in [1.807, 2.05) is 36.6 Å². The molecule has 2 aromatic carbocycles. The Labute approximate surface area is 173 Å². The smallest absolute Gasteiger partial charge is 0.252 e. The van der Waals surface area contributed by atoms with Gasteiger partial charge < -0.3 is 9.30 Å². The molecule has 0 spiro atoms. The minimum Gasteiger partial charge on any atom is -0.383 e. The lowest BCUT2D eigenvalue weighted by atomic mass is 10.0. The Bertz CT molecular complexity index is 1240. The van der Waals surface area contributed by atoms with Gasteiger partial charge in [-0.25, -0.2) is 13.6 Å². The van der Waals surface area contributed by atoms with Gasteiger partial charge in [0, 0.05) is 13.7 Å². The lowest BCUT2D eigenvalue weighted by Gasteiger charge is -2.06. The zero-order valence-corrected chi connectivity index (χ0v) is 18.1. The van der Waals surface area contributed by atoms with Crippen molar-refractivity contribution < 1.29 is 17.9 Å². The molecule has 0 radical (unpaired) electrons. The molecule has 0 saturated heterocycles. The molecule has 29 heavy (non-hydrogen) atoms. The summed E-state index contributed by atoms with van der Waals surface area (Å²) in [6, 6.07) is 10.6. The number of hydrogen-bond donors (Lipinski definition) is 1. The Hall–Kier alpha value is -2.33. The predicted molar refractivity (Wildman–Crippen MR) is 113 cm³/mol. The molecule has 1 amide bonds. The van der Waals surface area contributed by atoms with E-state index in [1.165, 1.54) is 23.5 Å². The number of aryl methyl sites for hydroxylation is 2. The number of benzene rings is 2. The summed E-state index contributed by atoms with van der Waals surface area (Å²) >= 11 is 1.25. The second-order valence-electron chi connectivity index (χ2n) is 6.82. The van der Waals surface area contributed by atoms with Crippen molar-refractivity contribution in [2.45, 2.75) is 31.7 Å². The van der Waals surface area contributed by atoms with E-state index in [0.717, 1.165) is 22.2 Å². The van der Waals surface area contributed by atoms with E-state index in [2.05, 4.69) is 4.99 Å². The van der Waals surface area contributed by atoms with Crippen molar-refractivity contribution in [1.29, 1.82) is 0 Å². The lowest BCUT2D eigenvalue weighted by molar-refractivity contribution is -0.117. The Morgan fingerprint density at radius 1 is 1.21 bits per heavy atom. The van der Waals surface area contributed by atoms with Gasteiger partial charge in [0.05, 0.1) is 28.1 Å². The van der Waals surface area contributed by atoms with E-state index in [4.69, 9.17) is 9.88 Å². The molecule has 0 aliphatic carbocycles. The average molecular weight is 434 g/mol. The number of nitrogens with zero attached hydrogens (tertiary/aromatic N) is 2. The maximum Gasteiger partial charge on any atom is 0.252 e. The molecule has 0 saturated carbocycles. The minimum absolute atomic E-state index is 0.0263. The number of nitrogens with two attached hydrogens (primary N) is 1. The van der Waals surface area contributed by atoms with Crippen LogP contribution in [-0.4, -0.2) is 32.6 Å². The lowest BCUT2D eigenvalue weighted by Crippen LogP contribution is -2.20. The maximum atomic E-state index is 12.7. The van der Waals surface area contributed by atoms with Crippen LogP contribution < -0.4 is 9.94 Å². The number of methoxy groups -OCH3 is 1. The number of amides is 1. The van der Waals surface area contributed by atoms with Crippen LogP contribution >= 0.6 is 11.3 Å². The fourth-order valence-corrected chi connectivity index (χ4v) is 4.74. The summed E-state index contributed by atoms with van der Waals surface area (Å²) < 4.78 is 31.0. The number of hydrogen-bond acceptors (Lipinski definition) is 5. The van der Waals surface area contributed by atoms with Crippen molar-refractivity contribution in [3.05, 3.63) is 57.9 Å². The van der Waals surface area contributed by atoms with Crippen LogP contribution in [0.2, 0.25) is 0 Å². The molecular weight excluding hydrogens is 410 g/mol. The van der Waals surface area contributed by atoms with Gasteiger partial charge in [0.15, 0.2) is 4.80 Å². The number of carbonyl (C=O) groups excluding carboxylic acids is 1. The van der Waals surface area contributed by atoms with Crippen molar-refractivity contribution in [1.82, 2.24) is 4.57 Å². The first-order chi connectivity index (χ1) is 13.7. The first-order valence-corrected chi connectivity index (χ1v) is 11.3. The molecule has 2 N–H and O–H groups in total. The molecule has 0 aliphatic heterocycles. The summed E-state index contributed by atoms with van der Waals surface area (Å²) in [4.78, 5) is 17.5. The molecule has 9 heteroatoms. The highest BCUT2D eigenvalue weighted by molar-refractivity contribution is 7.89. The molecule has 0 bridgehead atoms. The van der Waals surface area contributed by atoms with Crippen molar-refractivity contribution in [2.24, 2.45) is 10.1 Å². The molecule has 154 valence electrons. The number of ether oxygens (including phenoxy) is 1. The number of primary sulfonamides is 1. The third-order valence-corrected chi connectivity index (χ3v) is 6.52. The van der Waals surface area contributed by atoms with Gasteiger partial charge in [-0.05, 0) is 43.2 Å². The Kier molecular flexibility index (Phi) is 6.33. The van der Waals surface area contributed by atoms with E-state index in [-0.39, 0.29) is 17.2 Å². The summed E-state index contributed by atoms with van der Waals surface area (Å²) in [6.07, 6.45) is 0.203. The van der Waals surface area contributed by atoms with Crippen LogP contribution in [0, 0.1) is 13.8 Å². The van der Waals surface area contributed by atoms with Gasteiger partial charge in [-0.3, -0.25) is 4.79 Å². The van der Waals surface area contributed by atoms with Crippen LogP contribution in [0.5, 0.6) is 0 Å². The minimum atomic E-state index is -3.81. The molecule has 0 fully saturated rings. The highest BCUT2D eigenvalue weighted by Crippen LogP contribution is 2.21. The molecular formula is C20H23N3O4S2. The molecule has 1 aromatic heterocycles. The molecule has 0 aliphatic rings. The predicted octanol–water partition coefficient (Wildman–Crippen LogP) is 2.28. The third-order valence-electron chi connectivity index (χ3n) is 4.57. The van der Waals surface area contributed by atoms with Crippen LogP contribution in [0.3, 0.4) is 0 Å². The van der Waals surface area contributed by atoms with Gasteiger partial charge >= 0.3 is 0 Å². The number of aromatic nitrogens is 1. The summed E-state index contributed by atoms with van der Waals surface area (Å²) in [5.74, 6) is -0.261. The molecule has 3 rings (SSSR count). The average Bonchev–Trinajstić information content (AvgIpc) is 2.98. The van der Waals surface area contributed by atoms with Gasteiger partial charge in [0.1, 0.15) is 0 Å². The zero-order chi connectivity index (χ0) is 21.2. The molecule has 7 nitrogen and oxygen atoms in total. The van der Waals surface area contributed by atoms with E-state index in [1.54, 1.807) is 13.2 Å². The summed E-state index contributed by atoms with van der Waals surface area (Å²) in [7, 11) is -2.22. The number of carbonyl (C=O) groups is 1. The van der Waals surface area contributed by atoms with Crippen LogP contribution in [0.25, 0.3) is 10.2 Å². The van der Waals surface area contributed by atoms with Crippen molar-refractivity contribution in [3.8, 4) is 0 Å². The zero-order valence-electron chi connectivity index (χ0n) is 16.5. The van der Waals surface area contributed by atoms with Gasteiger partial charge in [-0.15, -0.1) is 0 Å². The number of thiazole rings is 1. The Morgan fingerprint density at radius 2 is 1.97 bits per heavy atom. The van der Waals surface area contributed by atoms with Crippen LogP contribution in [0.4, 0.5) is 0 Å². The quantitative estimate of drug-likeness (QED) is 0.644. The molecule has 0 atom stereocenters. The number of sulfonamides is 1. The van der Waals surface area contributed by atoms with Gasteiger partial charge in [0.25, 0.3) is 5.91 Å². The second kappa shape index (κ2) is 8.58. The molecule has 0 unspecified atom stereocenters. The van der Waals surface area contributed by atoms with Gasteiger partial charge in [-0.1, -0.05) is 35.1 Å². The third kappa shape index (κ3) is 4.99. The van der Waals surface area contributed by atoms with Crippen LogP contribution in [0.15, 0.2) is 46.3 Å². The first kappa shape index (κ1) is 21.4.